The van der Waals surface area contributed by atoms with Crippen LogP contribution in [0, 0.1) is 0 Å². The first-order valence-electron chi connectivity index (χ1n) is 11.9. The second-order valence-corrected chi connectivity index (χ2v) is 10.4. The minimum atomic E-state index is -4.67. The summed E-state index contributed by atoms with van der Waals surface area (Å²) < 4.78 is 42.9. The van der Waals surface area contributed by atoms with E-state index < -0.39 is 16.1 Å². The molecule has 202 valence electrons. The molecule has 0 aromatic heterocycles. The summed E-state index contributed by atoms with van der Waals surface area (Å²) in [5.74, 6) is 1.71. The SMILES string of the molecule is COc1ccccc1CCCC(C)(C)NC(C)(O)c1ccc(OCc2ccccc2)cc1.O=S(=O)(O)O. The maximum atomic E-state index is 11.1. The first kappa shape index (κ1) is 30.3. The number of methoxy groups -OCH3 is 1. The summed E-state index contributed by atoms with van der Waals surface area (Å²) in [7, 11) is -2.96. The highest BCUT2D eigenvalue weighted by molar-refractivity contribution is 7.79. The van der Waals surface area contributed by atoms with Crippen molar-refractivity contribution in [2.24, 2.45) is 0 Å². The maximum absolute atomic E-state index is 11.1. The van der Waals surface area contributed by atoms with E-state index in [0.29, 0.717) is 6.61 Å². The molecule has 3 aromatic rings. The van der Waals surface area contributed by atoms with E-state index in [0.717, 1.165) is 41.9 Å². The van der Waals surface area contributed by atoms with Crippen molar-refractivity contribution in [2.75, 3.05) is 7.11 Å². The molecular formula is C28H37NO7S. The van der Waals surface area contributed by atoms with Crippen LogP contribution in [0.4, 0.5) is 0 Å². The Morgan fingerprint density at radius 1 is 0.865 bits per heavy atom. The summed E-state index contributed by atoms with van der Waals surface area (Å²) >= 11 is 0. The molecule has 0 aliphatic carbocycles. The Labute approximate surface area is 219 Å². The molecule has 3 aromatic carbocycles. The van der Waals surface area contributed by atoms with Gasteiger partial charge in [-0.05, 0) is 74.9 Å². The zero-order valence-electron chi connectivity index (χ0n) is 21.7. The highest BCUT2D eigenvalue weighted by Gasteiger charge is 2.30. The lowest BCUT2D eigenvalue weighted by Gasteiger charge is -2.36. The van der Waals surface area contributed by atoms with Gasteiger partial charge in [-0.1, -0.05) is 60.7 Å². The highest BCUT2D eigenvalue weighted by atomic mass is 32.3. The Hall–Kier alpha value is -2.95. The van der Waals surface area contributed by atoms with Gasteiger partial charge in [0.1, 0.15) is 23.8 Å². The fourth-order valence-electron chi connectivity index (χ4n) is 4.04. The largest absolute Gasteiger partial charge is 0.496 e. The van der Waals surface area contributed by atoms with Gasteiger partial charge >= 0.3 is 10.4 Å². The number of aryl methyl sites for hydroxylation is 1. The van der Waals surface area contributed by atoms with E-state index in [1.165, 1.54) is 5.56 Å². The first-order chi connectivity index (χ1) is 17.3. The monoisotopic (exact) mass is 531 g/mol. The number of aliphatic hydroxyl groups is 1. The van der Waals surface area contributed by atoms with Gasteiger partial charge in [0.15, 0.2) is 0 Å². The van der Waals surface area contributed by atoms with Crippen molar-refractivity contribution < 1.29 is 32.1 Å². The van der Waals surface area contributed by atoms with Crippen molar-refractivity contribution in [1.29, 1.82) is 0 Å². The van der Waals surface area contributed by atoms with Crippen molar-refractivity contribution in [3.05, 3.63) is 95.6 Å². The maximum Gasteiger partial charge on any atom is 0.394 e. The van der Waals surface area contributed by atoms with Gasteiger partial charge in [-0.25, -0.2) is 0 Å². The molecule has 4 N–H and O–H groups in total. The van der Waals surface area contributed by atoms with Crippen molar-refractivity contribution in [2.45, 2.75) is 57.9 Å². The number of hydrogen-bond donors (Lipinski definition) is 4. The predicted octanol–water partition coefficient (Wildman–Crippen LogP) is 5.18. The Kier molecular flexibility index (Phi) is 11.1. The standard InChI is InChI=1S/C28H35NO3.H2O4S/c1-27(2,20-10-14-23-13-8-9-15-26(23)31-4)29-28(3,30)24-16-18-25(19-17-24)32-21-22-11-6-5-7-12-22;1-5(2,3)4/h5-9,11-13,15-19,29-30H,10,14,20-21H2,1-4H3;(H2,1,2,3,4). The van der Waals surface area contributed by atoms with Gasteiger partial charge in [-0.2, -0.15) is 8.42 Å². The summed E-state index contributed by atoms with van der Waals surface area (Å²) in [6, 6.07) is 25.9. The van der Waals surface area contributed by atoms with Crippen LogP contribution in [0.2, 0.25) is 0 Å². The number of para-hydroxylation sites is 1. The van der Waals surface area contributed by atoms with E-state index in [9.17, 15) is 5.11 Å². The summed E-state index contributed by atoms with van der Waals surface area (Å²) in [6.07, 6.45) is 2.84. The van der Waals surface area contributed by atoms with E-state index >= 15 is 0 Å². The van der Waals surface area contributed by atoms with Crippen LogP contribution in [0.1, 0.15) is 50.3 Å². The van der Waals surface area contributed by atoms with Gasteiger partial charge in [0.25, 0.3) is 0 Å². The number of rotatable bonds is 11. The average Bonchev–Trinajstić information content (AvgIpc) is 2.82. The van der Waals surface area contributed by atoms with Gasteiger partial charge < -0.3 is 14.6 Å². The Bertz CT molecular complexity index is 1190. The molecule has 0 spiro atoms. The van der Waals surface area contributed by atoms with E-state index in [-0.39, 0.29) is 5.54 Å². The summed E-state index contributed by atoms with van der Waals surface area (Å²) in [5.41, 5.74) is 1.76. The number of benzene rings is 3. The minimum absolute atomic E-state index is 0.242. The van der Waals surface area contributed by atoms with Gasteiger partial charge in [0.2, 0.25) is 0 Å². The third-order valence-corrected chi connectivity index (χ3v) is 5.69. The quantitative estimate of drug-likeness (QED) is 0.197. The second kappa shape index (κ2) is 13.6. The molecule has 1 unspecified atom stereocenters. The van der Waals surface area contributed by atoms with Crippen LogP contribution in [-0.2, 0) is 29.2 Å². The van der Waals surface area contributed by atoms with Gasteiger partial charge in [0, 0.05) is 5.54 Å². The van der Waals surface area contributed by atoms with E-state index in [2.05, 4.69) is 25.2 Å². The van der Waals surface area contributed by atoms with E-state index in [1.807, 2.05) is 72.8 Å². The zero-order valence-corrected chi connectivity index (χ0v) is 22.5. The molecule has 0 amide bonds. The molecule has 0 bridgehead atoms. The van der Waals surface area contributed by atoms with E-state index in [4.69, 9.17) is 27.0 Å². The molecule has 37 heavy (non-hydrogen) atoms. The predicted molar refractivity (Wildman–Crippen MR) is 144 cm³/mol. The minimum Gasteiger partial charge on any atom is -0.496 e. The molecule has 0 aliphatic heterocycles. The topological polar surface area (TPSA) is 125 Å². The molecule has 0 saturated heterocycles. The van der Waals surface area contributed by atoms with Crippen LogP contribution in [-0.4, -0.2) is 35.3 Å². The van der Waals surface area contributed by atoms with Gasteiger partial charge in [-0.15, -0.1) is 0 Å². The van der Waals surface area contributed by atoms with Gasteiger partial charge in [0.05, 0.1) is 7.11 Å². The van der Waals surface area contributed by atoms with Crippen molar-refractivity contribution in [3.63, 3.8) is 0 Å². The molecule has 0 radical (unpaired) electrons. The third kappa shape index (κ3) is 11.8. The Morgan fingerprint density at radius 3 is 2.03 bits per heavy atom. The lowest BCUT2D eigenvalue weighted by molar-refractivity contribution is -0.00962. The fourth-order valence-corrected chi connectivity index (χ4v) is 4.04. The highest BCUT2D eigenvalue weighted by Crippen LogP contribution is 2.27. The molecule has 1 atom stereocenters. The third-order valence-electron chi connectivity index (χ3n) is 5.69. The van der Waals surface area contributed by atoms with Crippen LogP contribution < -0.4 is 14.8 Å². The van der Waals surface area contributed by atoms with Crippen molar-refractivity contribution >= 4 is 10.4 Å². The molecule has 3 rings (SSSR count). The first-order valence-corrected chi connectivity index (χ1v) is 13.3. The lowest BCUT2D eigenvalue weighted by atomic mass is 9.92. The molecule has 0 heterocycles. The normalized spacial score (nSPS) is 13.2. The van der Waals surface area contributed by atoms with Crippen LogP contribution in [0.15, 0.2) is 78.9 Å². The number of nitrogens with one attached hydrogen (secondary N) is 1. The fraction of sp³-hybridized carbons (Fsp3) is 0.357. The number of hydrogen-bond acceptors (Lipinski definition) is 6. The van der Waals surface area contributed by atoms with E-state index in [1.54, 1.807) is 14.0 Å². The zero-order chi connectivity index (χ0) is 27.5. The smallest absolute Gasteiger partial charge is 0.394 e. The Morgan fingerprint density at radius 2 is 1.43 bits per heavy atom. The molecular weight excluding hydrogens is 494 g/mol. The lowest BCUT2D eigenvalue weighted by Crippen LogP contribution is -2.51. The van der Waals surface area contributed by atoms with Gasteiger partial charge in [-0.3, -0.25) is 14.4 Å². The average molecular weight is 532 g/mol. The van der Waals surface area contributed by atoms with Crippen molar-refractivity contribution in [1.82, 2.24) is 5.32 Å². The summed E-state index contributed by atoms with van der Waals surface area (Å²) in [4.78, 5) is 0. The Balaban J connectivity index is 0.000000877. The summed E-state index contributed by atoms with van der Waals surface area (Å²) in [6.45, 7) is 6.57. The molecule has 8 nitrogen and oxygen atoms in total. The van der Waals surface area contributed by atoms with Crippen LogP contribution >= 0.6 is 0 Å². The van der Waals surface area contributed by atoms with Crippen LogP contribution in [0.25, 0.3) is 0 Å². The van der Waals surface area contributed by atoms with Crippen LogP contribution in [0.5, 0.6) is 11.5 Å². The molecule has 0 saturated carbocycles. The van der Waals surface area contributed by atoms with Crippen LogP contribution in [0.3, 0.4) is 0 Å². The summed E-state index contributed by atoms with van der Waals surface area (Å²) in [5, 5.41) is 14.6. The van der Waals surface area contributed by atoms with Crippen molar-refractivity contribution in [3.8, 4) is 11.5 Å². The molecule has 0 aliphatic rings. The number of ether oxygens (including phenoxy) is 2. The molecule has 0 fully saturated rings. The molecule has 9 heteroatoms. The second-order valence-electron chi connectivity index (χ2n) is 9.49.